The predicted molar refractivity (Wildman–Crippen MR) is 102 cm³/mol. The van der Waals surface area contributed by atoms with Crippen molar-refractivity contribution in [2.24, 2.45) is 0 Å². The second-order valence-corrected chi connectivity index (χ2v) is 6.22. The SMILES string of the molecule is Cc1cc(C)cc(-c2cc(NCCc3cccc(O)c3)nc(N)n2)c1. The van der Waals surface area contributed by atoms with Crippen LogP contribution in [0.5, 0.6) is 5.75 Å². The van der Waals surface area contributed by atoms with Crippen LogP contribution in [0.2, 0.25) is 0 Å². The monoisotopic (exact) mass is 334 g/mol. The Morgan fingerprint density at radius 2 is 1.76 bits per heavy atom. The summed E-state index contributed by atoms with van der Waals surface area (Å²) in [7, 11) is 0. The zero-order chi connectivity index (χ0) is 17.8. The van der Waals surface area contributed by atoms with Crippen LogP contribution in [0.1, 0.15) is 16.7 Å². The lowest BCUT2D eigenvalue weighted by Gasteiger charge is -2.10. The van der Waals surface area contributed by atoms with Crippen LogP contribution in [-0.4, -0.2) is 21.6 Å². The van der Waals surface area contributed by atoms with Gasteiger partial charge in [-0.25, -0.2) is 4.98 Å². The van der Waals surface area contributed by atoms with Crippen molar-refractivity contribution < 1.29 is 5.11 Å². The molecule has 0 aliphatic carbocycles. The van der Waals surface area contributed by atoms with Crippen molar-refractivity contribution in [2.45, 2.75) is 20.3 Å². The van der Waals surface area contributed by atoms with E-state index in [2.05, 4.69) is 47.3 Å². The molecule has 25 heavy (non-hydrogen) atoms. The molecule has 0 unspecified atom stereocenters. The van der Waals surface area contributed by atoms with Crippen LogP contribution < -0.4 is 11.1 Å². The van der Waals surface area contributed by atoms with Crippen LogP contribution in [0, 0.1) is 13.8 Å². The molecule has 0 bridgehead atoms. The molecule has 0 saturated heterocycles. The number of aromatic hydroxyl groups is 1. The molecular weight excluding hydrogens is 312 g/mol. The summed E-state index contributed by atoms with van der Waals surface area (Å²) >= 11 is 0. The molecule has 0 saturated carbocycles. The van der Waals surface area contributed by atoms with Crippen LogP contribution in [0.3, 0.4) is 0 Å². The molecule has 5 heteroatoms. The minimum Gasteiger partial charge on any atom is -0.508 e. The van der Waals surface area contributed by atoms with Crippen molar-refractivity contribution in [2.75, 3.05) is 17.6 Å². The third-order valence-corrected chi connectivity index (χ3v) is 3.89. The number of hydrogen-bond acceptors (Lipinski definition) is 5. The van der Waals surface area contributed by atoms with E-state index in [-0.39, 0.29) is 11.7 Å². The maximum absolute atomic E-state index is 9.52. The number of anilines is 2. The van der Waals surface area contributed by atoms with Gasteiger partial charge in [-0.15, -0.1) is 0 Å². The fraction of sp³-hybridized carbons (Fsp3) is 0.200. The summed E-state index contributed by atoms with van der Waals surface area (Å²) in [5.41, 5.74) is 11.1. The number of rotatable bonds is 5. The topological polar surface area (TPSA) is 84.1 Å². The van der Waals surface area contributed by atoms with Crippen molar-refractivity contribution in [3.05, 3.63) is 65.2 Å². The van der Waals surface area contributed by atoms with Crippen LogP contribution in [0.25, 0.3) is 11.3 Å². The van der Waals surface area contributed by atoms with E-state index in [0.29, 0.717) is 12.4 Å². The highest BCUT2D eigenvalue weighted by Crippen LogP contribution is 2.23. The van der Waals surface area contributed by atoms with Gasteiger partial charge in [0.25, 0.3) is 0 Å². The quantitative estimate of drug-likeness (QED) is 0.662. The first-order chi connectivity index (χ1) is 12.0. The standard InChI is InChI=1S/C20H22N4O/c1-13-8-14(2)10-16(9-13)18-12-19(24-20(21)23-18)22-7-6-15-4-3-5-17(25)11-15/h3-5,8-12,25H,6-7H2,1-2H3,(H3,21,22,23,24). The lowest BCUT2D eigenvalue weighted by molar-refractivity contribution is 0.474. The summed E-state index contributed by atoms with van der Waals surface area (Å²) in [5, 5.41) is 12.8. The molecule has 1 aromatic heterocycles. The van der Waals surface area contributed by atoms with Gasteiger partial charge in [-0.2, -0.15) is 4.98 Å². The molecular formula is C20H22N4O. The van der Waals surface area contributed by atoms with Gasteiger partial charge >= 0.3 is 0 Å². The van der Waals surface area contributed by atoms with Gasteiger partial charge in [0.1, 0.15) is 11.6 Å². The molecule has 0 atom stereocenters. The van der Waals surface area contributed by atoms with E-state index < -0.39 is 0 Å². The maximum Gasteiger partial charge on any atom is 0.222 e. The number of phenolic OH excluding ortho intramolecular Hbond substituents is 1. The second-order valence-electron chi connectivity index (χ2n) is 6.22. The van der Waals surface area contributed by atoms with E-state index >= 15 is 0 Å². The number of nitrogens with two attached hydrogens (primary N) is 1. The van der Waals surface area contributed by atoms with Crippen molar-refractivity contribution in [3.8, 4) is 17.0 Å². The van der Waals surface area contributed by atoms with Gasteiger partial charge in [0.05, 0.1) is 5.69 Å². The number of nitrogen functional groups attached to an aromatic ring is 1. The van der Waals surface area contributed by atoms with E-state index in [0.717, 1.165) is 23.2 Å². The molecule has 3 rings (SSSR count). The number of aryl methyl sites for hydroxylation is 2. The maximum atomic E-state index is 9.52. The molecule has 2 aromatic carbocycles. The summed E-state index contributed by atoms with van der Waals surface area (Å²) in [6.07, 6.45) is 0.775. The lowest BCUT2D eigenvalue weighted by atomic mass is 10.0. The number of nitrogens with one attached hydrogen (secondary N) is 1. The molecule has 128 valence electrons. The molecule has 1 heterocycles. The lowest BCUT2D eigenvalue weighted by Crippen LogP contribution is -2.08. The Labute approximate surface area is 147 Å². The van der Waals surface area contributed by atoms with E-state index in [1.807, 2.05) is 18.2 Å². The molecule has 0 amide bonds. The number of aromatic nitrogens is 2. The third kappa shape index (κ3) is 4.47. The van der Waals surface area contributed by atoms with Gasteiger partial charge in [-0.1, -0.05) is 29.3 Å². The van der Waals surface area contributed by atoms with Gasteiger partial charge in [0, 0.05) is 18.2 Å². The Morgan fingerprint density at radius 3 is 2.48 bits per heavy atom. The first kappa shape index (κ1) is 16.8. The van der Waals surface area contributed by atoms with Gasteiger partial charge in [0.2, 0.25) is 5.95 Å². The Balaban J connectivity index is 1.75. The van der Waals surface area contributed by atoms with Gasteiger partial charge in [-0.3, -0.25) is 0 Å². The summed E-state index contributed by atoms with van der Waals surface area (Å²) in [6, 6.07) is 15.5. The highest BCUT2D eigenvalue weighted by Gasteiger charge is 2.06. The minimum atomic E-state index is 0.247. The van der Waals surface area contributed by atoms with Crippen molar-refractivity contribution in [3.63, 3.8) is 0 Å². The molecule has 0 spiro atoms. The Bertz CT molecular complexity index is 872. The van der Waals surface area contributed by atoms with E-state index in [1.54, 1.807) is 12.1 Å². The fourth-order valence-electron chi connectivity index (χ4n) is 2.87. The van der Waals surface area contributed by atoms with Crippen LogP contribution in [0.4, 0.5) is 11.8 Å². The van der Waals surface area contributed by atoms with Crippen molar-refractivity contribution in [1.82, 2.24) is 9.97 Å². The highest BCUT2D eigenvalue weighted by atomic mass is 16.3. The fourth-order valence-corrected chi connectivity index (χ4v) is 2.87. The Kier molecular flexibility index (Phi) is 4.84. The second kappa shape index (κ2) is 7.21. The summed E-state index contributed by atoms with van der Waals surface area (Å²) < 4.78 is 0. The van der Waals surface area contributed by atoms with Crippen LogP contribution in [0.15, 0.2) is 48.5 Å². The average molecular weight is 334 g/mol. The van der Waals surface area contributed by atoms with Crippen LogP contribution in [-0.2, 0) is 6.42 Å². The summed E-state index contributed by atoms with van der Waals surface area (Å²) in [6.45, 7) is 4.82. The van der Waals surface area contributed by atoms with E-state index in [9.17, 15) is 5.11 Å². The number of nitrogens with zero attached hydrogens (tertiary/aromatic N) is 2. The smallest absolute Gasteiger partial charge is 0.222 e. The molecule has 0 radical (unpaired) electrons. The number of phenols is 1. The summed E-state index contributed by atoms with van der Waals surface area (Å²) in [4.78, 5) is 8.62. The van der Waals surface area contributed by atoms with Gasteiger partial charge in [-0.05, 0) is 50.1 Å². The molecule has 0 aliphatic rings. The zero-order valence-electron chi connectivity index (χ0n) is 14.5. The van der Waals surface area contributed by atoms with E-state index in [1.165, 1.54) is 11.1 Å². The minimum absolute atomic E-state index is 0.247. The highest BCUT2D eigenvalue weighted by molar-refractivity contribution is 5.65. The molecule has 5 nitrogen and oxygen atoms in total. The number of benzene rings is 2. The number of hydrogen-bond donors (Lipinski definition) is 3. The van der Waals surface area contributed by atoms with Crippen molar-refractivity contribution in [1.29, 1.82) is 0 Å². The van der Waals surface area contributed by atoms with Crippen LogP contribution >= 0.6 is 0 Å². The summed E-state index contributed by atoms with van der Waals surface area (Å²) in [5.74, 6) is 1.22. The third-order valence-electron chi connectivity index (χ3n) is 3.89. The normalized spacial score (nSPS) is 10.6. The molecule has 0 aliphatic heterocycles. The zero-order valence-corrected chi connectivity index (χ0v) is 14.5. The molecule has 0 fully saturated rings. The Hall–Kier alpha value is -3.08. The van der Waals surface area contributed by atoms with Gasteiger partial charge < -0.3 is 16.2 Å². The van der Waals surface area contributed by atoms with Crippen molar-refractivity contribution >= 4 is 11.8 Å². The largest absolute Gasteiger partial charge is 0.508 e. The average Bonchev–Trinajstić information content (AvgIpc) is 2.53. The first-order valence-corrected chi connectivity index (χ1v) is 8.24. The van der Waals surface area contributed by atoms with Gasteiger partial charge in [0.15, 0.2) is 0 Å². The predicted octanol–water partition coefficient (Wildman–Crippen LogP) is 3.70. The van der Waals surface area contributed by atoms with E-state index in [4.69, 9.17) is 5.73 Å². The first-order valence-electron chi connectivity index (χ1n) is 8.24. The molecule has 4 N–H and O–H groups in total. The molecule has 3 aromatic rings. The Morgan fingerprint density at radius 1 is 1.00 bits per heavy atom.